The van der Waals surface area contributed by atoms with Gasteiger partial charge in [-0.15, -0.1) is 11.6 Å². The molecule has 0 radical (unpaired) electrons. The van der Waals surface area contributed by atoms with Gasteiger partial charge in [0.05, 0.1) is 17.8 Å². The van der Waals surface area contributed by atoms with Crippen molar-refractivity contribution in [3.8, 4) is 5.75 Å². The molecule has 0 N–H and O–H groups in total. The molecule has 0 aliphatic carbocycles. The van der Waals surface area contributed by atoms with Gasteiger partial charge in [-0.05, 0) is 18.1 Å². The molecule has 5 nitrogen and oxygen atoms in total. The van der Waals surface area contributed by atoms with Crippen molar-refractivity contribution in [1.29, 1.82) is 0 Å². The van der Waals surface area contributed by atoms with E-state index in [2.05, 4.69) is 28.9 Å². The summed E-state index contributed by atoms with van der Waals surface area (Å²) in [5.41, 5.74) is 0.831. The summed E-state index contributed by atoms with van der Waals surface area (Å²) in [6.07, 6.45) is 3.22. The van der Waals surface area contributed by atoms with Crippen molar-refractivity contribution in [2.24, 2.45) is 5.92 Å². The largest absolute Gasteiger partial charge is 0.484 e. The van der Waals surface area contributed by atoms with Crippen LogP contribution in [0.5, 0.6) is 5.75 Å². The third-order valence-corrected chi connectivity index (χ3v) is 2.81. The molecule has 19 heavy (non-hydrogen) atoms. The maximum absolute atomic E-state index is 5.68. The van der Waals surface area contributed by atoms with E-state index in [1.54, 1.807) is 12.5 Å². The Balaban J connectivity index is 1.96. The van der Waals surface area contributed by atoms with Gasteiger partial charge in [-0.2, -0.15) is 5.10 Å². The molecule has 0 fully saturated rings. The van der Waals surface area contributed by atoms with E-state index in [9.17, 15) is 0 Å². The Bertz CT molecular complexity index is 510. The lowest BCUT2D eigenvalue weighted by Crippen LogP contribution is -2.12. The average Bonchev–Trinajstić information content (AvgIpc) is 2.83. The molecule has 0 saturated heterocycles. The molecule has 0 aliphatic rings. The molecule has 2 heterocycles. The van der Waals surface area contributed by atoms with Crippen molar-refractivity contribution in [3.05, 3.63) is 36.2 Å². The van der Waals surface area contributed by atoms with Crippen LogP contribution in [0.4, 0.5) is 0 Å². The van der Waals surface area contributed by atoms with E-state index in [-0.39, 0.29) is 0 Å². The Morgan fingerprint density at radius 1 is 1.32 bits per heavy atom. The highest BCUT2D eigenvalue weighted by Gasteiger charge is 2.07. The van der Waals surface area contributed by atoms with Crippen LogP contribution in [0, 0.1) is 5.92 Å². The SMILES string of the molecule is CC(C)Cn1ncnc1COc1ccc(CCl)nc1. The first-order chi connectivity index (χ1) is 9.19. The normalized spacial score (nSPS) is 10.9. The van der Waals surface area contributed by atoms with E-state index in [4.69, 9.17) is 16.3 Å². The Morgan fingerprint density at radius 3 is 2.79 bits per heavy atom. The van der Waals surface area contributed by atoms with Gasteiger partial charge in [-0.25, -0.2) is 9.67 Å². The van der Waals surface area contributed by atoms with E-state index in [1.165, 1.54) is 0 Å². The fraction of sp³-hybridized carbons (Fsp3) is 0.462. The minimum absolute atomic E-state index is 0.384. The maximum Gasteiger partial charge on any atom is 0.164 e. The van der Waals surface area contributed by atoms with Crippen LogP contribution in [0.25, 0.3) is 0 Å². The standard InChI is InChI=1S/C13H17ClN4O/c1-10(2)7-18-13(16-9-17-18)8-19-12-4-3-11(5-14)15-6-12/h3-4,6,9-10H,5,7-8H2,1-2H3. The lowest BCUT2D eigenvalue weighted by Gasteiger charge is -2.09. The summed E-state index contributed by atoms with van der Waals surface area (Å²) in [5.74, 6) is 2.44. The molecule has 102 valence electrons. The number of alkyl halides is 1. The topological polar surface area (TPSA) is 52.8 Å². The number of hydrogen-bond acceptors (Lipinski definition) is 4. The predicted octanol–water partition coefficient (Wildman–Crippen LogP) is 2.65. The minimum Gasteiger partial charge on any atom is -0.484 e. The number of hydrogen-bond donors (Lipinski definition) is 0. The first-order valence-corrected chi connectivity index (χ1v) is 6.73. The third-order valence-electron chi connectivity index (χ3n) is 2.54. The number of pyridine rings is 1. The molecular formula is C13H17ClN4O. The lowest BCUT2D eigenvalue weighted by molar-refractivity contribution is 0.281. The molecule has 6 heteroatoms. The van der Waals surface area contributed by atoms with E-state index in [0.717, 1.165) is 18.1 Å². The molecule has 0 unspecified atom stereocenters. The van der Waals surface area contributed by atoms with Gasteiger partial charge >= 0.3 is 0 Å². The first-order valence-electron chi connectivity index (χ1n) is 6.19. The van der Waals surface area contributed by atoms with Crippen molar-refractivity contribution in [3.63, 3.8) is 0 Å². The van der Waals surface area contributed by atoms with Gasteiger partial charge in [0.1, 0.15) is 18.7 Å². The molecule has 0 bridgehead atoms. The zero-order chi connectivity index (χ0) is 13.7. The second-order valence-corrected chi connectivity index (χ2v) is 4.93. The Kier molecular flexibility index (Phi) is 4.74. The average molecular weight is 281 g/mol. The highest BCUT2D eigenvalue weighted by Crippen LogP contribution is 2.12. The number of nitrogens with zero attached hydrogens (tertiary/aromatic N) is 4. The number of ether oxygens (including phenoxy) is 1. The minimum atomic E-state index is 0.384. The van der Waals surface area contributed by atoms with E-state index in [0.29, 0.717) is 24.2 Å². The van der Waals surface area contributed by atoms with E-state index < -0.39 is 0 Å². The van der Waals surface area contributed by atoms with Crippen molar-refractivity contribution in [2.75, 3.05) is 0 Å². The van der Waals surface area contributed by atoms with E-state index in [1.807, 2.05) is 16.8 Å². The summed E-state index contributed by atoms with van der Waals surface area (Å²) >= 11 is 5.68. The third kappa shape index (κ3) is 3.92. The summed E-state index contributed by atoms with van der Waals surface area (Å²) in [6, 6.07) is 3.70. The van der Waals surface area contributed by atoms with Crippen LogP contribution in [0.2, 0.25) is 0 Å². The summed E-state index contributed by atoms with van der Waals surface area (Å²) in [4.78, 5) is 8.37. The van der Waals surface area contributed by atoms with Crippen molar-refractivity contribution in [1.82, 2.24) is 19.7 Å². The van der Waals surface area contributed by atoms with Crippen molar-refractivity contribution in [2.45, 2.75) is 32.9 Å². The molecule has 2 aromatic heterocycles. The van der Waals surface area contributed by atoms with Crippen LogP contribution in [-0.4, -0.2) is 19.7 Å². The quantitative estimate of drug-likeness (QED) is 0.764. The van der Waals surface area contributed by atoms with Gasteiger partial charge in [0.2, 0.25) is 0 Å². The Hall–Kier alpha value is -1.62. The molecule has 0 saturated carbocycles. The highest BCUT2D eigenvalue weighted by atomic mass is 35.5. The number of halogens is 1. The Morgan fingerprint density at radius 2 is 2.16 bits per heavy atom. The summed E-state index contributed by atoms with van der Waals surface area (Å²) in [6.45, 7) is 5.50. The van der Waals surface area contributed by atoms with Gasteiger partial charge in [0, 0.05) is 6.54 Å². The van der Waals surface area contributed by atoms with Crippen LogP contribution >= 0.6 is 11.6 Å². The first kappa shape index (κ1) is 13.8. The molecular weight excluding hydrogens is 264 g/mol. The highest BCUT2D eigenvalue weighted by molar-refractivity contribution is 6.16. The zero-order valence-corrected chi connectivity index (χ0v) is 11.8. The predicted molar refractivity (Wildman–Crippen MR) is 73.0 cm³/mol. The van der Waals surface area contributed by atoms with E-state index >= 15 is 0 Å². The van der Waals surface area contributed by atoms with Crippen LogP contribution in [0.15, 0.2) is 24.7 Å². The van der Waals surface area contributed by atoms with Gasteiger partial charge in [0.15, 0.2) is 5.82 Å². The summed E-state index contributed by atoms with van der Waals surface area (Å²) in [7, 11) is 0. The fourth-order valence-electron chi connectivity index (χ4n) is 1.62. The fourth-order valence-corrected chi connectivity index (χ4v) is 1.78. The zero-order valence-electron chi connectivity index (χ0n) is 11.1. The maximum atomic E-state index is 5.68. The number of rotatable bonds is 6. The summed E-state index contributed by atoms with van der Waals surface area (Å²) in [5, 5.41) is 4.19. The molecule has 0 aromatic carbocycles. The lowest BCUT2D eigenvalue weighted by atomic mass is 10.2. The second-order valence-electron chi connectivity index (χ2n) is 4.66. The van der Waals surface area contributed by atoms with Crippen LogP contribution in [0.1, 0.15) is 25.4 Å². The Labute approximate surface area is 117 Å². The number of aromatic nitrogens is 4. The molecule has 0 atom stereocenters. The van der Waals surface area contributed by atoms with Crippen LogP contribution in [0.3, 0.4) is 0 Å². The van der Waals surface area contributed by atoms with Gasteiger partial charge in [-0.1, -0.05) is 13.8 Å². The monoisotopic (exact) mass is 280 g/mol. The molecule has 2 aromatic rings. The molecule has 0 amide bonds. The van der Waals surface area contributed by atoms with Crippen molar-refractivity contribution < 1.29 is 4.74 Å². The molecule has 0 spiro atoms. The second kappa shape index (κ2) is 6.52. The summed E-state index contributed by atoms with van der Waals surface area (Å²) < 4.78 is 7.51. The smallest absolute Gasteiger partial charge is 0.164 e. The molecule has 0 aliphatic heterocycles. The van der Waals surface area contributed by atoms with Crippen molar-refractivity contribution >= 4 is 11.6 Å². The van der Waals surface area contributed by atoms with Gasteiger partial charge in [-0.3, -0.25) is 4.98 Å². The van der Waals surface area contributed by atoms with Gasteiger partial charge < -0.3 is 4.74 Å². The molecule has 2 rings (SSSR count). The van der Waals surface area contributed by atoms with Gasteiger partial charge in [0.25, 0.3) is 0 Å². The van der Waals surface area contributed by atoms with Crippen LogP contribution < -0.4 is 4.74 Å². The van der Waals surface area contributed by atoms with Crippen LogP contribution in [-0.2, 0) is 19.0 Å².